The Balaban J connectivity index is 2.04. The first-order valence-electron chi connectivity index (χ1n) is 6.88. The van der Waals surface area contributed by atoms with Crippen molar-refractivity contribution >= 4 is 6.08 Å². The summed E-state index contributed by atoms with van der Waals surface area (Å²) in [6.07, 6.45) is 1.58. The van der Waals surface area contributed by atoms with Gasteiger partial charge in [-0.15, -0.1) is 0 Å². The van der Waals surface area contributed by atoms with Crippen LogP contribution >= 0.6 is 0 Å². The Morgan fingerprint density at radius 3 is 2.43 bits per heavy atom. The number of allylic oxidation sites excluding steroid dienone is 1. The van der Waals surface area contributed by atoms with Crippen molar-refractivity contribution in [2.45, 2.75) is 32.7 Å². The molecule has 0 spiro atoms. The molecular weight excluding hydrogens is 264 g/mol. The van der Waals surface area contributed by atoms with Crippen LogP contribution in [-0.2, 0) is 12.0 Å². The van der Waals surface area contributed by atoms with Crippen LogP contribution in [0.15, 0.2) is 30.0 Å². The number of aliphatic hydroxyl groups excluding tert-OH is 1. The van der Waals surface area contributed by atoms with Crippen LogP contribution in [0.2, 0.25) is 0 Å². The lowest BCUT2D eigenvalue weighted by atomic mass is 9.87. The highest BCUT2D eigenvalue weighted by molar-refractivity contribution is 5.58. The zero-order valence-electron chi connectivity index (χ0n) is 12.4. The molecule has 108 valence electrons. The Kier molecular flexibility index (Phi) is 2.93. The fourth-order valence-corrected chi connectivity index (χ4v) is 2.33. The molecule has 2 heterocycles. The van der Waals surface area contributed by atoms with Crippen LogP contribution in [-0.4, -0.2) is 19.6 Å². The first kappa shape index (κ1) is 13.5. The molecule has 5 heteroatoms. The summed E-state index contributed by atoms with van der Waals surface area (Å²) in [5.74, 6) is 1.29. The van der Waals surface area contributed by atoms with Gasteiger partial charge in [-0.05, 0) is 11.0 Å². The molecule has 0 amide bonds. The van der Waals surface area contributed by atoms with Crippen LogP contribution in [0.1, 0.15) is 32.2 Å². The fraction of sp³-hybridized carbons (Fsp3) is 0.312. The van der Waals surface area contributed by atoms with Gasteiger partial charge in [-0.3, -0.25) is 9.98 Å². The van der Waals surface area contributed by atoms with Crippen LogP contribution in [0.4, 0.5) is 0 Å². The maximum absolute atomic E-state index is 9.55. The number of benzene rings is 1. The molecule has 1 aromatic carbocycles. The number of rotatable bonds is 1. The molecule has 0 unspecified atom stereocenters. The summed E-state index contributed by atoms with van der Waals surface area (Å²) in [5, 5.41) is 17.5. The molecule has 3 rings (SSSR count). The first-order valence-corrected chi connectivity index (χ1v) is 6.88. The molecule has 1 aliphatic heterocycles. The highest BCUT2D eigenvalue weighted by Crippen LogP contribution is 2.25. The van der Waals surface area contributed by atoms with Crippen molar-refractivity contribution < 1.29 is 5.11 Å². The Hall–Kier alpha value is -2.43. The van der Waals surface area contributed by atoms with E-state index in [9.17, 15) is 5.11 Å². The lowest BCUT2D eigenvalue weighted by Crippen LogP contribution is -2.25. The SMILES string of the molecule is CC(C)(C)c1ccc(-c2nc3n(c(=N)n2)CC(O)=C3)cc1. The van der Waals surface area contributed by atoms with E-state index in [-0.39, 0.29) is 23.3 Å². The van der Waals surface area contributed by atoms with Crippen molar-refractivity contribution in [2.24, 2.45) is 0 Å². The third-order valence-corrected chi connectivity index (χ3v) is 3.59. The molecule has 0 radical (unpaired) electrons. The maximum Gasteiger partial charge on any atom is 0.226 e. The quantitative estimate of drug-likeness (QED) is 0.844. The summed E-state index contributed by atoms with van der Waals surface area (Å²) in [6, 6.07) is 8.09. The van der Waals surface area contributed by atoms with Gasteiger partial charge >= 0.3 is 0 Å². The zero-order chi connectivity index (χ0) is 15.2. The monoisotopic (exact) mass is 282 g/mol. The fourth-order valence-electron chi connectivity index (χ4n) is 2.33. The predicted octanol–water partition coefficient (Wildman–Crippen LogP) is 2.63. The van der Waals surface area contributed by atoms with E-state index in [2.05, 4.69) is 42.9 Å². The number of nitrogens with zero attached hydrogens (tertiary/aromatic N) is 3. The average Bonchev–Trinajstić information content (AvgIpc) is 2.79. The maximum atomic E-state index is 9.55. The highest BCUT2D eigenvalue weighted by Gasteiger charge is 2.17. The minimum Gasteiger partial charge on any atom is -0.510 e. The standard InChI is InChI=1S/C16H18N4O/c1-16(2,3)11-6-4-10(5-7-11)14-18-13-8-12(21)9-20(13)15(17)19-14/h4-8,17,21H,9H2,1-3H3. The minimum atomic E-state index is 0.0995. The lowest BCUT2D eigenvalue weighted by Gasteiger charge is -2.19. The smallest absolute Gasteiger partial charge is 0.226 e. The average molecular weight is 282 g/mol. The van der Waals surface area contributed by atoms with Gasteiger partial charge < -0.3 is 5.11 Å². The van der Waals surface area contributed by atoms with Crippen molar-refractivity contribution in [3.8, 4) is 11.4 Å². The Bertz CT molecular complexity index is 779. The summed E-state index contributed by atoms with van der Waals surface area (Å²) >= 11 is 0. The summed E-state index contributed by atoms with van der Waals surface area (Å²) in [4.78, 5) is 8.64. The molecule has 5 nitrogen and oxygen atoms in total. The second-order valence-electron chi connectivity index (χ2n) is 6.28. The van der Waals surface area contributed by atoms with Gasteiger partial charge in [0, 0.05) is 11.6 Å². The summed E-state index contributed by atoms with van der Waals surface area (Å²) < 4.78 is 1.57. The van der Waals surface area contributed by atoms with Gasteiger partial charge in [0.2, 0.25) is 5.62 Å². The van der Waals surface area contributed by atoms with Crippen LogP contribution in [0.3, 0.4) is 0 Å². The molecule has 0 bridgehead atoms. The topological polar surface area (TPSA) is 74.8 Å². The van der Waals surface area contributed by atoms with Gasteiger partial charge in [0.25, 0.3) is 0 Å². The van der Waals surface area contributed by atoms with Crippen molar-refractivity contribution in [1.29, 1.82) is 5.41 Å². The van der Waals surface area contributed by atoms with Gasteiger partial charge in [-0.25, -0.2) is 4.98 Å². The molecule has 1 aliphatic rings. The normalized spacial score (nSPS) is 14.0. The van der Waals surface area contributed by atoms with Crippen molar-refractivity contribution in [3.63, 3.8) is 0 Å². The van der Waals surface area contributed by atoms with Gasteiger partial charge in [0.1, 0.15) is 11.6 Å². The summed E-state index contributed by atoms with van der Waals surface area (Å²) in [6.45, 7) is 6.78. The molecule has 2 N–H and O–H groups in total. The molecule has 0 aliphatic carbocycles. The Morgan fingerprint density at radius 2 is 1.81 bits per heavy atom. The number of hydrogen-bond donors (Lipinski definition) is 2. The van der Waals surface area contributed by atoms with E-state index in [0.717, 1.165) is 5.56 Å². The van der Waals surface area contributed by atoms with E-state index in [4.69, 9.17) is 5.41 Å². The van der Waals surface area contributed by atoms with Crippen LogP contribution in [0.25, 0.3) is 17.5 Å². The molecule has 2 aromatic rings. The van der Waals surface area contributed by atoms with Gasteiger partial charge in [0.15, 0.2) is 5.82 Å². The molecule has 21 heavy (non-hydrogen) atoms. The number of hydrogen-bond acceptors (Lipinski definition) is 4. The number of aliphatic hydroxyl groups is 1. The van der Waals surface area contributed by atoms with Gasteiger partial charge in [-0.1, -0.05) is 45.0 Å². The van der Waals surface area contributed by atoms with E-state index < -0.39 is 0 Å². The predicted molar refractivity (Wildman–Crippen MR) is 80.6 cm³/mol. The van der Waals surface area contributed by atoms with E-state index in [1.165, 1.54) is 5.56 Å². The summed E-state index contributed by atoms with van der Waals surface area (Å²) in [5.41, 5.74) is 2.32. The molecular formula is C16H18N4O. The second-order valence-corrected chi connectivity index (χ2v) is 6.28. The number of aromatic nitrogens is 3. The van der Waals surface area contributed by atoms with Crippen molar-refractivity contribution in [3.05, 3.63) is 47.0 Å². The molecule has 0 fully saturated rings. The molecule has 0 saturated heterocycles. The lowest BCUT2D eigenvalue weighted by molar-refractivity contribution is 0.385. The van der Waals surface area contributed by atoms with Crippen LogP contribution in [0, 0.1) is 5.41 Å². The molecule has 0 atom stereocenters. The highest BCUT2D eigenvalue weighted by atomic mass is 16.3. The van der Waals surface area contributed by atoms with Gasteiger partial charge in [0.05, 0.1) is 6.54 Å². The van der Waals surface area contributed by atoms with Crippen LogP contribution < -0.4 is 5.62 Å². The van der Waals surface area contributed by atoms with Crippen molar-refractivity contribution in [2.75, 3.05) is 0 Å². The van der Waals surface area contributed by atoms with E-state index in [1.54, 1.807) is 10.6 Å². The first-order chi connectivity index (χ1) is 9.84. The zero-order valence-corrected chi connectivity index (χ0v) is 12.4. The van der Waals surface area contributed by atoms with Crippen LogP contribution in [0.5, 0.6) is 0 Å². The molecule has 1 aromatic heterocycles. The Labute approximate surface area is 123 Å². The minimum absolute atomic E-state index is 0.0995. The van der Waals surface area contributed by atoms with E-state index in [1.807, 2.05) is 12.1 Å². The van der Waals surface area contributed by atoms with Gasteiger partial charge in [-0.2, -0.15) is 4.98 Å². The summed E-state index contributed by atoms with van der Waals surface area (Å²) in [7, 11) is 0. The largest absolute Gasteiger partial charge is 0.510 e. The third kappa shape index (κ3) is 2.46. The van der Waals surface area contributed by atoms with E-state index in [0.29, 0.717) is 11.6 Å². The second kappa shape index (κ2) is 4.55. The van der Waals surface area contributed by atoms with Crippen molar-refractivity contribution in [1.82, 2.24) is 14.5 Å². The third-order valence-electron chi connectivity index (χ3n) is 3.59. The Morgan fingerprint density at radius 1 is 1.14 bits per heavy atom. The van der Waals surface area contributed by atoms with E-state index >= 15 is 0 Å². The number of fused-ring (bicyclic) bond motifs is 1. The number of nitrogens with one attached hydrogen (secondary N) is 1. The molecule has 0 saturated carbocycles.